The number of methoxy groups -OCH3 is 1. The van der Waals surface area contributed by atoms with Crippen LogP contribution in [-0.2, 0) is 14.3 Å². The normalized spacial score (nSPS) is 21.2. The van der Waals surface area contributed by atoms with Crippen molar-refractivity contribution >= 4 is 17.5 Å². The van der Waals surface area contributed by atoms with E-state index in [9.17, 15) is 9.59 Å². The second kappa shape index (κ2) is 3.34. The molecular formula is C7H10N2O3. The Morgan fingerprint density at radius 2 is 2.33 bits per heavy atom. The molecule has 0 bridgehead atoms. The molecule has 0 aliphatic carbocycles. The average Bonchev–Trinajstić information content (AvgIpc) is 2.51. The van der Waals surface area contributed by atoms with Gasteiger partial charge in [0.15, 0.2) is 5.78 Å². The molecule has 0 aromatic rings. The average molecular weight is 170 g/mol. The topological polar surface area (TPSA) is 67.8 Å². The fourth-order valence-corrected chi connectivity index (χ4v) is 0.941. The van der Waals surface area contributed by atoms with Gasteiger partial charge in [0.2, 0.25) is 0 Å². The summed E-state index contributed by atoms with van der Waals surface area (Å²) in [6.45, 7) is 1.42. The molecule has 0 aromatic heterocycles. The first-order valence-corrected chi connectivity index (χ1v) is 3.56. The van der Waals surface area contributed by atoms with Gasteiger partial charge < -0.3 is 4.74 Å². The fraction of sp³-hybridized carbons (Fsp3) is 0.571. The molecule has 1 atom stereocenters. The number of hydrazone groups is 1. The molecule has 1 aliphatic rings. The Hall–Kier alpha value is -1.39. The molecule has 0 amide bonds. The zero-order valence-electron chi connectivity index (χ0n) is 6.96. The third kappa shape index (κ3) is 1.61. The molecule has 0 saturated carbocycles. The first kappa shape index (κ1) is 8.70. The van der Waals surface area contributed by atoms with Crippen molar-refractivity contribution in [1.82, 2.24) is 5.43 Å². The van der Waals surface area contributed by atoms with E-state index in [1.165, 1.54) is 14.0 Å². The van der Waals surface area contributed by atoms with Gasteiger partial charge in [-0.25, -0.2) is 4.79 Å². The van der Waals surface area contributed by atoms with Crippen LogP contribution in [0, 0.1) is 0 Å². The van der Waals surface area contributed by atoms with Gasteiger partial charge in [-0.2, -0.15) is 5.10 Å². The van der Waals surface area contributed by atoms with Crippen LogP contribution in [0.5, 0.6) is 0 Å². The van der Waals surface area contributed by atoms with Crippen LogP contribution < -0.4 is 5.43 Å². The van der Waals surface area contributed by atoms with Crippen molar-refractivity contribution < 1.29 is 14.3 Å². The van der Waals surface area contributed by atoms with Crippen molar-refractivity contribution in [3.05, 3.63) is 0 Å². The molecule has 66 valence electrons. The summed E-state index contributed by atoms with van der Waals surface area (Å²) in [6.07, 6.45) is 0.321. The minimum absolute atomic E-state index is 0.117. The summed E-state index contributed by atoms with van der Waals surface area (Å²) in [4.78, 5) is 21.7. The molecule has 1 N–H and O–H groups in total. The molecule has 0 aromatic carbocycles. The summed E-state index contributed by atoms with van der Waals surface area (Å²) in [6, 6.07) is -0.492. The molecule has 1 unspecified atom stereocenters. The van der Waals surface area contributed by atoms with Crippen LogP contribution in [0.3, 0.4) is 0 Å². The number of hydrogen-bond donors (Lipinski definition) is 1. The van der Waals surface area contributed by atoms with Crippen molar-refractivity contribution in [3.63, 3.8) is 0 Å². The van der Waals surface area contributed by atoms with Crippen molar-refractivity contribution in [2.24, 2.45) is 5.10 Å². The van der Waals surface area contributed by atoms with Crippen LogP contribution in [0.25, 0.3) is 0 Å². The highest BCUT2D eigenvalue weighted by Crippen LogP contribution is 2.05. The van der Waals surface area contributed by atoms with Gasteiger partial charge in [-0.3, -0.25) is 10.2 Å². The van der Waals surface area contributed by atoms with Gasteiger partial charge in [0.25, 0.3) is 0 Å². The Bertz CT molecular complexity index is 247. The van der Waals surface area contributed by atoms with E-state index in [1.807, 2.05) is 0 Å². The van der Waals surface area contributed by atoms with Crippen LogP contribution >= 0.6 is 0 Å². The molecule has 1 aliphatic heterocycles. The lowest BCUT2D eigenvalue weighted by Gasteiger charge is -2.04. The lowest BCUT2D eigenvalue weighted by molar-refractivity contribution is -0.142. The summed E-state index contributed by atoms with van der Waals surface area (Å²) >= 11 is 0. The number of nitrogens with one attached hydrogen (secondary N) is 1. The quantitative estimate of drug-likeness (QED) is 0.565. The van der Waals surface area contributed by atoms with Gasteiger partial charge in [0.05, 0.1) is 7.11 Å². The number of rotatable bonds is 2. The van der Waals surface area contributed by atoms with Gasteiger partial charge in [0, 0.05) is 13.3 Å². The van der Waals surface area contributed by atoms with Crippen LogP contribution in [0.1, 0.15) is 13.3 Å². The molecule has 0 fully saturated rings. The van der Waals surface area contributed by atoms with E-state index in [0.29, 0.717) is 12.1 Å². The predicted molar refractivity (Wildman–Crippen MR) is 41.7 cm³/mol. The molecule has 0 spiro atoms. The van der Waals surface area contributed by atoms with Crippen LogP contribution in [0.2, 0.25) is 0 Å². The van der Waals surface area contributed by atoms with E-state index in [2.05, 4.69) is 15.3 Å². The predicted octanol–water partition coefficient (Wildman–Crippen LogP) is -0.534. The highest BCUT2D eigenvalue weighted by atomic mass is 16.5. The number of ketones is 1. The van der Waals surface area contributed by atoms with Gasteiger partial charge in [-0.05, 0) is 0 Å². The third-order valence-corrected chi connectivity index (χ3v) is 1.64. The van der Waals surface area contributed by atoms with E-state index in [-0.39, 0.29) is 5.78 Å². The number of nitrogens with zero attached hydrogens (tertiary/aromatic N) is 1. The second-order valence-electron chi connectivity index (χ2n) is 2.52. The van der Waals surface area contributed by atoms with Crippen LogP contribution in [0.4, 0.5) is 0 Å². The van der Waals surface area contributed by atoms with Gasteiger partial charge >= 0.3 is 5.97 Å². The van der Waals surface area contributed by atoms with Crippen molar-refractivity contribution in [2.75, 3.05) is 7.11 Å². The monoisotopic (exact) mass is 170 g/mol. The standard InChI is InChI=1S/C7H10N2O3/c1-4(10)5-3-6(9-8-5)7(11)12-2/h6,9H,3H2,1-2H3. The Morgan fingerprint density at radius 3 is 2.75 bits per heavy atom. The highest BCUT2D eigenvalue weighted by molar-refractivity contribution is 6.39. The maximum Gasteiger partial charge on any atom is 0.330 e. The van der Waals surface area contributed by atoms with Crippen molar-refractivity contribution in [2.45, 2.75) is 19.4 Å². The summed E-state index contributed by atoms with van der Waals surface area (Å²) < 4.78 is 4.48. The Balaban J connectivity index is 2.52. The zero-order valence-corrected chi connectivity index (χ0v) is 6.96. The SMILES string of the molecule is COC(=O)C1CC(C(C)=O)=NN1. The molecule has 0 radical (unpaired) electrons. The largest absolute Gasteiger partial charge is 0.467 e. The van der Waals surface area contributed by atoms with Crippen molar-refractivity contribution in [3.8, 4) is 0 Å². The molecule has 5 nitrogen and oxygen atoms in total. The minimum Gasteiger partial charge on any atom is -0.467 e. The summed E-state index contributed by atoms with van der Waals surface area (Å²) in [5.74, 6) is -0.510. The number of esters is 1. The minimum atomic E-state index is -0.492. The fourth-order valence-electron chi connectivity index (χ4n) is 0.941. The maximum absolute atomic E-state index is 10.9. The second-order valence-corrected chi connectivity index (χ2v) is 2.52. The Morgan fingerprint density at radius 1 is 1.67 bits per heavy atom. The zero-order chi connectivity index (χ0) is 9.14. The van der Waals surface area contributed by atoms with Gasteiger partial charge in [-0.1, -0.05) is 0 Å². The molecular weight excluding hydrogens is 160 g/mol. The Labute approximate surface area is 69.8 Å². The lowest BCUT2D eigenvalue weighted by atomic mass is 10.1. The summed E-state index contributed by atoms with van der Waals surface area (Å²) in [5.41, 5.74) is 2.93. The highest BCUT2D eigenvalue weighted by Gasteiger charge is 2.27. The molecule has 1 rings (SSSR count). The summed E-state index contributed by atoms with van der Waals surface area (Å²) in [5, 5.41) is 3.70. The van der Waals surface area contributed by atoms with Crippen LogP contribution in [-0.4, -0.2) is 30.6 Å². The number of carbonyl (C=O) groups is 2. The van der Waals surface area contributed by atoms with E-state index in [1.54, 1.807) is 0 Å². The molecule has 0 saturated heterocycles. The Kier molecular flexibility index (Phi) is 2.42. The first-order chi connectivity index (χ1) is 5.65. The molecule has 1 heterocycles. The van der Waals surface area contributed by atoms with Gasteiger partial charge in [-0.15, -0.1) is 0 Å². The smallest absolute Gasteiger partial charge is 0.330 e. The first-order valence-electron chi connectivity index (χ1n) is 3.56. The van der Waals surface area contributed by atoms with E-state index in [0.717, 1.165) is 0 Å². The number of ether oxygens (including phenoxy) is 1. The number of Topliss-reactive ketones (excluding diaryl/α,β-unsaturated/α-hetero) is 1. The molecule has 5 heteroatoms. The third-order valence-electron chi connectivity index (χ3n) is 1.64. The van der Waals surface area contributed by atoms with E-state index >= 15 is 0 Å². The number of hydrogen-bond acceptors (Lipinski definition) is 5. The van der Waals surface area contributed by atoms with Crippen molar-refractivity contribution in [1.29, 1.82) is 0 Å². The van der Waals surface area contributed by atoms with Gasteiger partial charge in [0.1, 0.15) is 11.8 Å². The van der Waals surface area contributed by atoms with Crippen LogP contribution in [0.15, 0.2) is 5.10 Å². The number of carbonyl (C=O) groups excluding carboxylic acids is 2. The van der Waals surface area contributed by atoms with E-state index < -0.39 is 12.0 Å². The van der Waals surface area contributed by atoms with E-state index in [4.69, 9.17) is 0 Å². The lowest BCUT2D eigenvalue weighted by Crippen LogP contribution is -2.31. The maximum atomic E-state index is 10.9. The summed E-state index contributed by atoms with van der Waals surface area (Å²) in [7, 11) is 1.30. The molecule has 12 heavy (non-hydrogen) atoms.